The van der Waals surface area contributed by atoms with Crippen LogP contribution in [-0.4, -0.2) is 57.8 Å². The van der Waals surface area contributed by atoms with Gasteiger partial charge in [-0.15, -0.1) is 0 Å². The Kier molecular flexibility index (Phi) is 6.76. The Morgan fingerprint density at radius 2 is 1.71 bits per heavy atom. The van der Waals surface area contributed by atoms with E-state index in [2.05, 4.69) is 34.3 Å². The molecule has 1 fully saturated rings. The number of rotatable bonds is 7. The molecule has 1 N–H and O–H groups in total. The lowest BCUT2D eigenvalue weighted by atomic mass is 10.1. The monoisotopic (exact) mass is 383 g/mol. The quantitative estimate of drug-likeness (QED) is 0.796. The minimum absolute atomic E-state index is 0.0519. The third kappa shape index (κ3) is 5.39. The Morgan fingerprint density at radius 3 is 2.36 bits per heavy atom. The Labute approximate surface area is 167 Å². The Morgan fingerprint density at radius 1 is 1.04 bits per heavy atom. The van der Waals surface area contributed by atoms with E-state index < -0.39 is 0 Å². The fourth-order valence-electron chi connectivity index (χ4n) is 3.20. The molecule has 0 aliphatic carbocycles. The number of nitrogens with zero attached hydrogens (tertiary/aromatic N) is 2. The molecule has 0 unspecified atom stereocenters. The molecule has 6 nitrogen and oxygen atoms in total. The van der Waals surface area contributed by atoms with Crippen LogP contribution in [0, 0.1) is 6.92 Å². The average molecular weight is 383 g/mol. The zero-order chi connectivity index (χ0) is 19.9. The van der Waals surface area contributed by atoms with Gasteiger partial charge in [0.05, 0.1) is 20.1 Å². The van der Waals surface area contributed by atoms with E-state index in [-0.39, 0.29) is 5.91 Å². The molecule has 3 rings (SSSR count). The largest absolute Gasteiger partial charge is 0.497 e. The molecule has 2 aromatic rings. The standard InChI is InChI=1S/C22H29N3O3/c1-17-16-18(25-13-11-24(2)12-14-25)4-9-21(17)23-22(26)10-15-28-20-7-5-19(27-3)6-8-20/h4-9,16H,10-15H2,1-3H3,(H,23,26). The van der Waals surface area contributed by atoms with Crippen molar-refractivity contribution in [2.45, 2.75) is 13.3 Å². The molecule has 1 amide bonds. The zero-order valence-corrected chi connectivity index (χ0v) is 16.9. The van der Waals surface area contributed by atoms with Gasteiger partial charge >= 0.3 is 0 Å². The highest BCUT2D eigenvalue weighted by atomic mass is 16.5. The van der Waals surface area contributed by atoms with Crippen molar-refractivity contribution >= 4 is 17.3 Å². The third-order valence-corrected chi connectivity index (χ3v) is 5.01. The molecule has 0 bridgehead atoms. The summed E-state index contributed by atoms with van der Waals surface area (Å²) in [4.78, 5) is 17.0. The van der Waals surface area contributed by atoms with Crippen molar-refractivity contribution in [3.05, 3.63) is 48.0 Å². The SMILES string of the molecule is COc1ccc(OCCC(=O)Nc2ccc(N3CCN(C)CC3)cc2C)cc1. The molecule has 0 spiro atoms. The molecule has 2 aromatic carbocycles. The number of amides is 1. The summed E-state index contributed by atoms with van der Waals surface area (Å²) in [5, 5.41) is 2.99. The topological polar surface area (TPSA) is 54.0 Å². The fraction of sp³-hybridized carbons (Fsp3) is 0.409. The van der Waals surface area contributed by atoms with Crippen LogP contribution in [0.2, 0.25) is 0 Å². The molecule has 0 aromatic heterocycles. The zero-order valence-electron chi connectivity index (χ0n) is 16.9. The fourth-order valence-corrected chi connectivity index (χ4v) is 3.20. The van der Waals surface area contributed by atoms with Gasteiger partial charge in [-0.2, -0.15) is 0 Å². The van der Waals surface area contributed by atoms with E-state index in [9.17, 15) is 4.79 Å². The van der Waals surface area contributed by atoms with E-state index in [4.69, 9.17) is 9.47 Å². The number of piperazine rings is 1. The molecular weight excluding hydrogens is 354 g/mol. The number of hydrogen-bond acceptors (Lipinski definition) is 5. The van der Waals surface area contributed by atoms with Crippen LogP contribution in [0.25, 0.3) is 0 Å². The van der Waals surface area contributed by atoms with Crippen LogP contribution in [0.4, 0.5) is 11.4 Å². The van der Waals surface area contributed by atoms with Gasteiger partial charge < -0.3 is 24.6 Å². The Bertz CT molecular complexity index is 784. The lowest BCUT2D eigenvalue weighted by molar-refractivity contribution is -0.116. The van der Waals surface area contributed by atoms with Crippen LogP contribution in [0.15, 0.2) is 42.5 Å². The highest BCUT2D eigenvalue weighted by Gasteiger charge is 2.15. The second kappa shape index (κ2) is 9.46. The van der Waals surface area contributed by atoms with Crippen LogP contribution in [0.3, 0.4) is 0 Å². The smallest absolute Gasteiger partial charge is 0.227 e. The van der Waals surface area contributed by atoms with Gasteiger partial charge in [-0.05, 0) is 62.0 Å². The second-order valence-corrected chi connectivity index (χ2v) is 7.11. The molecule has 1 heterocycles. The van der Waals surface area contributed by atoms with E-state index >= 15 is 0 Å². The minimum atomic E-state index is -0.0519. The van der Waals surface area contributed by atoms with Gasteiger partial charge in [0, 0.05) is 37.6 Å². The number of benzene rings is 2. The first kappa shape index (κ1) is 20.0. The lowest BCUT2D eigenvalue weighted by Crippen LogP contribution is -2.44. The highest BCUT2D eigenvalue weighted by Crippen LogP contribution is 2.24. The van der Waals surface area contributed by atoms with Crippen LogP contribution >= 0.6 is 0 Å². The molecular formula is C22H29N3O3. The van der Waals surface area contributed by atoms with Crippen LogP contribution in [0.1, 0.15) is 12.0 Å². The normalized spacial score (nSPS) is 14.6. The lowest BCUT2D eigenvalue weighted by Gasteiger charge is -2.34. The number of carbonyl (C=O) groups is 1. The Balaban J connectivity index is 1.48. The molecule has 1 aliphatic rings. The van der Waals surface area contributed by atoms with E-state index in [1.807, 2.05) is 37.3 Å². The maximum Gasteiger partial charge on any atom is 0.227 e. The van der Waals surface area contributed by atoms with E-state index in [0.29, 0.717) is 13.0 Å². The summed E-state index contributed by atoms with van der Waals surface area (Å²) < 4.78 is 10.7. The van der Waals surface area contributed by atoms with Crippen molar-refractivity contribution in [1.82, 2.24) is 4.90 Å². The van der Waals surface area contributed by atoms with E-state index in [1.54, 1.807) is 7.11 Å². The number of nitrogens with one attached hydrogen (secondary N) is 1. The van der Waals surface area contributed by atoms with E-state index in [0.717, 1.165) is 48.9 Å². The molecule has 1 aliphatic heterocycles. The van der Waals surface area contributed by atoms with Crippen molar-refractivity contribution in [3.8, 4) is 11.5 Å². The highest BCUT2D eigenvalue weighted by molar-refractivity contribution is 5.91. The van der Waals surface area contributed by atoms with Gasteiger partial charge in [0.25, 0.3) is 0 Å². The van der Waals surface area contributed by atoms with Gasteiger partial charge in [0.2, 0.25) is 5.91 Å². The van der Waals surface area contributed by atoms with Crippen LogP contribution in [-0.2, 0) is 4.79 Å². The molecule has 0 radical (unpaired) electrons. The summed E-state index contributed by atoms with van der Waals surface area (Å²) in [6.45, 7) is 6.58. The molecule has 28 heavy (non-hydrogen) atoms. The molecule has 150 valence electrons. The van der Waals surface area contributed by atoms with Crippen molar-refractivity contribution < 1.29 is 14.3 Å². The van der Waals surface area contributed by atoms with Gasteiger partial charge in [-0.3, -0.25) is 4.79 Å². The first-order valence-corrected chi connectivity index (χ1v) is 9.66. The summed E-state index contributed by atoms with van der Waals surface area (Å²) in [7, 11) is 3.78. The summed E-state index contributed by atoms with van der Waals surface area (Å²) in [5.74, 6) is 1.45. The molecule has 0 saturated carbocycles. The molecule has 6 heteroatoms. The predicted molar refractivity (Wildman–Crippen MR) is 113 cm³/mol. The van der Waals surface area contributed by atoms with Crippen LogP contribution in [0.5, 0.6) is 11.5 Å². The van der Waals surface area contributed by atoms with Crippen molar-refractivity contribution in [2.24, 2.45) is 0 Å². The number of carbonyl (C=O) groups excluding carboxylic acids is 1. The van der Waals surface area contributed by atoms with Crippen molar-refractivity contribution in [3.63, 3.8) is 0 Å². The van der Waals surface area contributed by atoms with Gasteiger partial charge in [-0.1, -0.05) is 0 Å². The van der Waals surface area contributed by atoms with Crippen molar-refractivity contribution in [2.75, 3.05) is 57.2 Å². The molecule has 1 saturated heterocycles. The first-order chi connectivity index (χ1) is 13.5. The second-order valence-electron chi connectivity index (χ2n) is 7.11. The number of likely N-dealkylation sites (N-methyl/N-ethyl adjacent to an activating group) is 1. The number of methoxy groups -OCH3 is 1. The number of ether oxygens (including phenoxy) is 2. The van der Waals surface area contributed by atoms with Gasteiger partial charge in [-0.25, -0.2) is 0 Å². The average Bonchev–Trinajstić information content (AvgIpc) is 2.70. The van der Waals surface area contributed by atoms with Crippen molar-refractivity contribution in [1.29, 1.82) is 0 Å². The summed E-state index contributed by atoms with van der Waals surface area (Å²) in [5.41, 5.74) is 3.14. The van der Waals surface area contributed by atoms with Gasteiger partial charge in [0.15, 0.2) is 0 Å². The Hall–Kier alpha value is -2.73. The number of aryl methyl sites for hydroxylation is 1. The number of hydrogen-bond donors (Lipinski definition) is 1. The maximum atomic E-state index is 12.3. The van der Waals surface area contributed by atoms with Crippen LogP contribution < -0.4 is 19.7 Å². The summed E-state index contributed by atoms with van der Waals surface area (Å²) in [6, 6.07) is 13.6. The van der Waals surface area contributed by atoms with Gasteiger partial charge in [0.1, 0.15) is 11.5 Å². The minimum Gasteiger partial charge on any atom is -0.497 e. The number of anilines is 2. The summed E-state index contributed by atoms with van der Waals surface area (Å²) in [6.07, 6.45) is 0.297. The maximum absolute atomic E-state index is 12.3. The first-order valence-electron chi connectivity index (χ1n) is 9.66. The predicted octanol–water partition coefficient (Wildman–Crippen LogP) is 3.16. The molecule has 0 atom stereocenters. The van der Waals surface area contributed by atoms with E-state index in [1.165, 1.54) is 5.69 Å². The summed E-state index contributed by atoms with van der Waals surface area (Å²) >= 11 is 0. The third-order valence-electron chi connectivity index (χ3n) is 5.01.